The van der Waals surface area contributed by atoms with Gasteiger partial charge < -0.3 is 14.2 Å². The van der Waals surface area contributed by atoms with Crippen molar-refractivity contribution in [3.63, 3.8) is 0 Å². The number of carbonyl (C=O) groups is 2. The number of rotatable bonds is 11. The number of benzene rings is 3. The lowest BCUT2D eigenvalue weighted by Gasteiger charge is -2.19. The van der Waals surface area contributed by atoms with E-state index in [1.807, 2.05) is 72.8 Å². The molecular weight excluding hydrogens is 462 g/mol. The van der Waals surface area contributed by atoms with Crippen LogP contribution >= 0.6 is 11.8 Å². The van der Waals surface area contributed by atoms with Gasteiger partial charge in [0.05, 0.1) is 13.2 Å². The topological polar surface area (TPSA) is 73.9 Å². The Bertz CT molecular complexity index is 1180. The Morgan fingerprint density at radius 2 is 1.63 bits per heavy atom. The molecule has 0 unspecified atom stereocenters. The number of hydrogen-bond acceptors (Lipinski definition) is 6. The Morgan fingerprint density at radius 3 is 2.37 bits per heavy atom. The quantitative estimate of drug-likeness (QED) is 0.310. The molecule has 1 atom stereocenters. The highest BCUT2D eigenvalue weighted by molar-refractivity contribution is 8.15. The molecule has 1 saturated heterocycles. The van der Waals surface area contributed by atoms with Crippen LogP contribution in [0.4, 0.5) is 4.79 Å². The van der Waals surface area contributed by atoms with Gasteiger partial charge in [0, 0.05) is 6.42 Å². The minimum Gasteiger partial charge on any atom is -0.493 e. The van der Waals surface area contributed by atoms with Gasteiger partial charge in [-0.1, -0.05) is 43.7 Å². The minimum atomic E-state index is -0.939. The zero-order chi connectivity index (χ0) is 24.7. The van der Waals surface area contributed by atoms with Crippen LogP contribution in [0.15, 0.2) is 72.8 Å². The number of imide groups is 1. The van der Waals surface area contributed by atoms with Crippen molar-refractivity contribution in [1.29, 1.82) is 0 Å². The van der Waals surface area contributed by atoms with Crippen LogP contribution in [0.5, 0.6) is 23.0 Å². The van der Waals surface area contributed by atoms with Crippen LogP contribution in [0, 0.1) is 0 Å². The average molecular weight is 492 g/mol. The van der Waals surface area contributed by atoms with Crippen molar-refractivity contribution in [2.75, 3.05) is 13.2 Å². The highest BCUT2D eigenvalue weighted by Crippen LogP contribution is 2.41. The Kier molecular flexibility index (Phi) is 7.98. The third kappa shape index (κ3) is 6.17. The molecule has 6 nitrogen and oxygen atoms in total. The molecular formula is C28H29NO5S. The maximum atomic E-state index is 12.2. The van der Waals surface area contributed by atoms with E-state index in [4.69, 9.17) is 14.2 Å². The van der Waals surface area contributed by atoms with E-state index in [-0.39, 0.29) is 11.1 Å². The van der Waals surface area contributed by atoms with Crippen molar-refractivity contribution in [1.82, 2.24) is 5.32 Å². The molecule has 182 valence electrons. The third-order valence-electron chi connectivity index (χ3n) is 5.68. The Labute approximate surface area is 210 Å². The molecule has 4 rings (SSSR count). The highest BCUT2D eigenvalue weighted by atomic mass is 32.2. The molecule has 0 aliphatic carbocycles. The molecule has 0 radical (unpaired) electrons. The van der Waals surface area contributed by atoms with Gasteiger partial charge in [-0.3, -0.25) is 14.9 Å². The van der Waals surface area contributed by atoms with Crippen molar-refractivity contribution < 1.29 is 23.8 Å². The van der Waals surface area contributed by atoms with Gasteiger partial charge in [0.15, 0.2) is 0 Å². The van der Waals surface area contributed by atoms with Gasteiger partial charge in [0.2, 0.25) is 5.91 Å². The second-order valence-electron chi connectivity index (χ2n) is 8.39. The second kappa shape index (κ2) is 11.3. The monoisotopic (exact) mass is 491 g/mol. The number of para-hydroxylation sites is 1. The largest absolute Gasteiger partial charge is 0.493 e. The molecule has 2 amide bonds. The van der Waals surface area contributed by atoms with E-state index in [1.54, 1.807) is 6.92 Å². The van der Waals surface area contributed by atoms with Crippen LogP contribution in [0.1, 0.15) is 37.8 Å². The predicted octanol–water partition coefficient (Wildman–Crippen LogP) is 6.48. The first-order valence-electron chi connectivity index (χ1n) is 11.7. The van der Waals surface area contributed by atoms with Crippen molar-refractivity contribution in [2.24, 2.45) is 0 Å². The summed E-state index contributed by atoms with van der Waals surface area (Å²) in [5, 5.41) is 2.02. The summed E-state index contributed by atoms with van der Waals surface area (Å²) in [6.45, 7) is 4.87. The molecule has 0 spiro atoms. The number of nitrogens with one attached hydrogen (secondary N) is 1. The van der Waals surface area contributed by atoms with Crippen molar-refractivity contribution in [3.05, 3.63) is 83.9 Å². The van der Waals surface area contributed by atoms with E-state index in [0.717, 1.165) is 53.0 Å². The molecule has 3 aromatic rings. The standard InChI is InChI=1S/C28H29NO5S/c1-3-9-20-18-24(34-22-11-5-4-6-12-22)14-15-25(20)33-17-8-16-32-23-13-7-10-21(19-23)28(2)26(30)29-27(31)35-28/h4-7,10-15,18-19H,3,8-9,16-17H2,1-2H3,(H,29,30,31)/t28-/m0/s1. The minimum absolute atomic E-state index is 0.305. The number of amides is 2. The van der Waals surface area contributed by atoms with Crippen LogP contribution in [0.3, 0.4) is 0 Å². The summed E-state index contributed by atoms with van der Waals surface area (Å²) in [4.78, 5) is 23.9. The molecule has 0 aromatic heterocycles. The van der Waals surface area contributed by atoms with Crippen molar-refractivity contribution in [2.45, 2.75) is 37.9 Å². The average Bonchev–Trinajstić information content (AvgIpc) is 3.13. The van der Waals surface area contributed by atoms with Gasteiger partial charge >= 0.3 is 0 Å². The summed E-state index contributed by atoms with van der Waals surface area (Å²) in [6, 6.07) is 23.0. The van der Waals surface area contributed by atoms with Crippen LogP contribution in [-0.2, 0) is 16.0 Å². The number of aryl methyl sites for hydroxylation is 1. The lowest BCUT2D eigenvalue weighted by Crippen LogP contribution is -2.31. The van der Waals surface area contributed by atoms with Gasteiger partial charge in [-0.25, -0.2) is 0 Å². The zero-order valence-electron chi connectivity index (χ0n) is 19.9. The van der Waals surface area contributed by atoms with Crippen LogP contribution < -0.4 is 19.5 Å². The fourth-order valence-electron chi connectivity index (χ4n) is 3.82. The van der Waals surface area contributed by atoms with E-state index >= 15 is 0 Å². The van der Waals surface area contributed by atoms with Crippen molar-refractivity contribution in [3.8, 4) is 23.0 Å². The molecule has 0 bridgehead atoms. The second-order valence-corrected chi connectivity index (χ2v) is 9.78. The molecule has 1 fully saturated rings. The van der Waals surface area contributed by atoms with E-state index in [9.17, 15) is 9.59 Å². The summed E-state index contributed by atoms with van der Waals surface area (Å²) < 4.78 is 17.0. The van der Waals surface area contributed by atoms with Gasteiger partial charge in [-0.2, -0.15) is 0 Å². The summed E-state index contributed by atoms with van der Waals surface area (Å²) in [5.41, 5.74) is 1.85. The summed E-state index contributed by atoms with van der Waals surface area (Å²) in [5.74, 6) is 2.81. The summed E-state index contributed by atoms with van der Waals surface area (Å²) in [7, 11) is 0. The fourth-order valence-corrected chi connectivity index (χ4v) is 4.73. The number of hydrogen-bond donors (Lipinski definition) is 1. The Hall–Kier alpha value is -3.45. The predicted molar refractivity (Wildman–Crippen MR) is 137 cm³/mol. The summed E-state index contributed by atoms with van der Waals surface area (Å²) in [6.07, 6.45) is 2.60. The normalized spacial score (nSPS) is 17.2. The van der Waals surface area contributed by atoms with Crippen LogP contribution in [-0.4, -0.2) is 24.4 Å². The maximum absolute atomic E-state index is 12.2. The SMILES string of the molecule is CCCc1cc(Oc2ccccc2)ccc1OCCCOc1cccc([C@]2(C)SC(=O)NC2=O)c1. The first kappa shape index (κ1) is 24.7. The fraction of sp³-hybridized carbons (Fsp3) is 0.286. The number of carbonyl (C=O) groups excluding carboxylic acids is 2. The van der Waals surface area contributed by atoms with Crippen LogP contribution in [0.25, 0.3) is 0 Å². The first-order chi connectivity index (χ1) is 17.0. The van der Waals surface area contributed by atoms with Crippen LogP contribution in [0.2, 0.25) is 0 Å². The van der Waals surface area contributed by atoms with Gasteiger partial charge in [0.25, 0.3) is 5.24 Å². The van der Waals surface area contributed by atoms with E-state index in [0.29, 0.717) is 25.4 Å². The third-order valence-corrected chi connectivity index (χ3v) is 6.79. The number of ether oxygens (including phenoxy) is 3. The number of thioether (sulfide) groups is 1. The van der Waals surface area contributed by atoms with Gasteiger partial charge in [-0.15, -0.1) is 0 Å². The van der Waals surface area contributed by atoms with Gasteiger partial charge in [-0.05, 0) is 78.7 Å². The maximum Gasteiger partial charge on any atom is 0.287 e. The molecule has 1 aliphatic heterocycles. The molecule has 1 heterocycles. The Balaban J connectivity index is 1.30. The lowest BCUT2D eigenvalue weighted by molar-refractivity contribution is -0.121. The molecule has 1 N–H and O–H groups in total. The molecule has 3 aromatic carbocycles. The molecule has 1 aliphatic rings. The molecule has 35 heavy (non-hydrogen) atoms. The first-order valence-corrected chi connectivity index (χ1v) is 12.6. The van der Waals surface area contributed by atoms with Gasteiger partial charge in [0.1, 0.15) is 27.7 Å². The Morgan fingerprint density at radius 1 is 0.857 bits per heavy atom. The molecule has 7 heteroatoms. The van der Waals surface area contributed by atoms with E-state index in [1.165, 1.54) is 0 Å². The van der Waals surface area contributed by atoms with E-state index < -0.39 is 4.75 Å². The lowest BCUT2D eigenvalue weighted by atomic mass is 9.99. The van der Waals surface area contributed by atoms with E-state index in [2.05, 4.69) is 12.2 Å². The van der Waals surface area contributed by atoms with Crippen molar-refractivity contribution >= 4 is 22.9 Å². The zero-order valence-corrected chi connectivity index (χ0v) is 20.7. The molecule has 0 saturated carbocycles. The smallest absolute Gasteiger partial charge is 0.287 e. The highest BCUT2D eigenvalue weighted by Gasteiger charge is 2.45. The summed E-state index contributed by atoms with van der Waals surface area (Å²) >= 11 is 0.990.